The average molecular weight is 312 g/mol. The lowest BCUT2D eigenvalue weighted by atomic mass is 9.55. The molecule has 3 aliphatic carbocycles. The van der Waals surface area contributed by atoms with Gasteiger partial charge in [0.1, 0.15) is 5.75 Å². The summed E-state index contributed by atoms with van der Waals surface area (Å²) in [5.74, 6) is 2.07. The molecule has 0 aliphatic heterocycles. The Kier molecular flexibility index (Phi) is 3.13. The van der Waals surface area contributed by atoms with Crippen LogP contribution in [0.25, 0.3) is 0 Å². The van der Waals surface area contributed by atoms with Gasteiger partial charge in [0.25, 0.3) is 0 Å². The van der Waals surface area contributed by atoms with Crippen LogP contribution in [0.15, 0.2) is 29.5 Å². The number of allylic oxidation sites excluding steroid dienone is 2. The van der Waals surface area contributed by atoms with Crippen LogP contribution in [0.5, 0.6) is 5.75 Å². The van der Waals surface area contributed by atoms with E-state index >= 15 is 0 Å². The van der Waals surface area contributed by atoms with Crippen molar-refractivity contribution in [3.05, 3.63) is 40.7 Å². The topological polar surface area (TPSA) is 57.5 Å². The molecule has 1 aromatic carbocycles. The highest BCUT2D eigenvalue weighted by molar-refractivity contribution is 6.02. The molecule has 2 saturated carbocycles. The maximum Gasteiger partial charge on any atom is 0.168 e. The summed E-state index contributed by atoms with van der Waals surface area (Å²) in [6, 6.07) is 5.77. The van der Waals surface area contributed by atoms with E-state index in [4.69, 9.17) is 0 Å². The molecule has 3 heteroatoms. The zero-order valence-electron chi connectivity index (χ0n) is 13.8. The Morgan fingerprint density at radius 1 is 1.30 bits per heavy atom. The minimum atomic E-state index is -0.297. The molecule has 4 rings (SSSR count). The van der Waals surface area contributed by atoms with Gasteiger partial charge in [0.2, 0.25) is 0 Å². The van der Waals surface area contributed by atoms with Gasteiger partial charge in [-0.3, -0.25) is 4.79 Å². The third kappa shape index (κ3) is 1.98. The Hall–Kier alpha value is -1.77. The zero-order valence-corrected chi connectivity index (χ0v) is 13.8. The van der Waals surface area contributed by atoms with E-state index in [1.807, 2.05) is 6.07 Å². The molecule has 0 radical (unpaired) electrons. The van der Waals surface area contributed by atoms with Crippen molar-refractivity contribution in [1.29, 1.82) is 0 Å². The molecule has 0 bridgehead atoms. The standard InChI is InChI=1S/C20H24O3/c1-11(21)17-10-18-16-5-3-12-9-13(22)4-6-14(12)15(16)7-8-20(18,2)19(17)23/h4,6,9,15-16,18,21-22H,3,5,7-8,10H2,1-2H3/t15-,16-,18+,20+/m1/s1. The van der Waals surface area contributed by atoms with Gasteiger partial charge in [-0.2, -0.15) is 0 Å². The van der Waals surface area contributed by atoms with Crippen molar-refractivity contribution in [1.82, 2.24) is 0 Å². The summed E-state index contributed by atoms with van der Waals surface area (Å²) in [5, 5.41) is 19.6. The molecule has 0 heterocycles. The summed E-state index contributed by atoms with van der Waals surface area (Å²) in [4.78, 5) is 12.8. The van der Waals surface area contributed by atoms with Gasteiger partial charge in [-0.25, -0.2) is 0 Å². The van der Waals surface area contributed by atoms with Gasteiger partial charge in [0.15, 0.2) is 5.78 Å². The van der Waals surface area contributed by atoms with E-state index in [9.17, 15) is 15.0 Å². The highest BCUT2D eigenvalue weighted by atomic mass is 16.3. The smallest absolute Gasteiger partial charge is 0.168 e. The monoisotopic (exact) mass is 312 g/mol. The van der Waals surface area contributed by atoms with Crippen LogP contribution in [0.3, 0.4) is 0 Å². The molecule has 1 aromatic rings. The fourth-order valence-corrected chi connectivity index (χ4v) is 5.52. The molecule has 0 unspecified atom stereocenters. The van der Waals surface area contributed by atoms with Crippen LogP contribution < -0.4 is 0 Å². The van der Waals surface area contributed by atoms with Crippen LogP contribution in [0, 0.1) is 17.3 Å². The highest BCUT2D eigenvalue weighted by Gasteiger charge is 2.56. The number of aliphatic hydroxyl groups excluding tert-OH is 1. The number of benzene rings is 1. The van der Waals surface area contributed by atoms with E-state index in [0.29, 0.717) is 29.1 Å². The van der Waals surface area contributed by atoms with Crippen LogP contribution >= 0.6 is 0 Å². The Morgan fingerprint density at radius 3 is 2.83 bits per heavy atom. The summed E-state index contributed by atoms with van der Waals surface area (Å²) in [6.45, 7) is 3.75. The number of phenolic OH excluding ortho intramolecular Hbond substituents is 1. The molecule has 0 saturated heterocycles. The van der Waals surface area contributed by atoms with Crippen molar-refractivity contribution in [2.24, 2.45) is 17.3 Å². The zero-order chi connectivity index (χ0) is 16.4. The van der Waals surface area contributed by atoms with Crippen molar-refractivity contribution < 1.29 is 15.0 Å². The number of carbonyl (C=O) groups is 1. The summed E-state index contributed by atoms with van der Waals surface area (Å²) in [5.41, 5.74) is 3.00. The number of Topliss-reactive ketones (excluding diaryl/α,β-unsaturated/α-hetero) is 1. The van der Waals surface area contributed by atoms with Crippen molar-refractivity contribution >= 4 is 5.78 Å². The number of rotatable bonds is 0. The van der Waals surface area contributed by atoms with Gasteiger partial charge in [0.05, 0.1) is 5.76 Å². The molecule has 3 aliphatic rings. The molecule has 4 atom stereocenters. The van der Waals surface area contributed by atoms with E-state index in [2.05, 4.69) is 13.0 Å². The number of carbonyl (C=O) groups excluding carboxylic acids is 1. The van der Waals surface area contributed by atoms with Gasteiger partial charge >= 0.3 is 0 Å². The van der Waals surface area contributed by atoms with Crippen LogP contribution in [-0.4, -0.2) is 16.0 Å². The summed E-state index contributed by atoms with van der Waals surface area (Å²) in [6.07, 6.45) is 4.70. The minimum absolute atomic E-state index is 0.178. The first-order valence-corrected chi connectivity index (χ1v) is 8.67. The molecular weight excluding hydrogens is 288 g/mol. The Bertz CT molecular complexity index is 714. The van der Waals surface area contributed by atoms with Crippen LogP contribution in [0.4, 0.5) is 0 Å². The molecule has 2 fully saturated rings. The first-order valence-electron chi connectivity index (χ1n) is 8.67. The lowest BCUT2D eigenvalue weighted by molar-refractivity contribution is -0.127. The second-order valence-corrected chi connectivity index (χ2v) is 7.85. The third-order valence-corrected chi connectivity index (χ3v) is 6.75. The van der Waals surface area contributed by atoms with Gasteiger partial charge in [-0.1, -0.05) is 13.0 Å². The fourth-order valence-electron chi connectivity index (χ4n) is 5.52. The maximum absolute atomic E-state index is 12.8. The average Bonchev–Trinajstić information content (AvgIpc) is 2.79. The van der Waals surface area contributed by atoms with Crippen LogP contribution in [0.2, 0.25) is 0 Å². The van der Waals surface area contributed by atoms with Crippen molar-refractivity contribution in [3.63, 3.8) is 0 Å². The lowest BCUT2D eigenvalue weighted by Crippen LogP contribution is -2.42. The van der Waals surface area contributed by atoms with Crippen LogP contribution in [0.1, 0.15) is 56.6 Å². The maximum atomic E-state index is 12.8. The van der Waals surface area contributed by atoms with Crippen molar-refractivity contribution in [3.8, 4) is 5.75 Å². The molecular formula is C20H24O3. The molecule has 2 N–H and O–H groups in total. The SMILES string of the molecule is CC(O)=C1C[C@H]2[C@@H]3CCc4cc(O)ccc4[C@H]3CC[C@]2(C)C1=O. The van der Waals surface area contributed by atoms with Gasteiger partial charge < -0.3 is 10.2 Å². The molecule has 3 nitrogen and oxygen atoms in total. The van der Waals surface area contributed by atoms with Gasteiger partial charge in [-0.05, 0) is 80.0 Å². The summed E-state index contributed by atoms with van der Waals surface area (Å²) < 4.78 is 0. The van der Waals surface area contributed by atoms with E-state index < -0.39 is 0 Å². The third-order valence-electron chi connectivity index (χ3n) is 6.75. The number of aliphatic hydroxyl groups is 1. The first kappa shape index (κ1) is 14.8. The number of phenols is 1. The Morgan fingerprint density at radius 2 is 2.09 bits per heavy atom. The van der Waals surface area contributed by atoms with Crippen molar-refractivity contribution in [2.45, 2.75) is 51.9 Å². The molecule has 23 heavy (non-hydrogen) atoms. The normalized spacial score (nSPS) is 37.8. The summed E-state index contributed by atoms with van der Waals surface area (Å²) >= 11 is 0. The number of hydrogen-bond donors (Lipinski definition) is 2. The van der Waals surface area contributed by atoms with E-state index in [0.717, 1.165) is 32.1 Å². The minimum Gasteiger partial charge on any atom is -0.512 e. The van der Waals surface area contributed by atoms with Gasteiger partial charge in [0, 0.05) is 11.0 Å². The molecule has 0 spiro atoms. The number of aromatic hydroxyl groups is 1. The largest absolute Gasteiger partial charge is 0.512 e. The Balaban J connectivity index is 1.74. The lowest BCUT2D eigenvalue weighted by Gasteiger charge is -2.48. The predicted octanol–water partition coefficient (Wildman–Crippen LogP) is 4.26. The Labute approximate surface area is 137 Å². The first-order chi connectivity index (χ1) is 10.9. The quantitative estimate of drug-likeness (QED) is 0.556. The van der Waals surface area contributed by atoms with E-state index in [1.165, 1.54) is 11.1 Å². The number of ketones is 1. The van der Waals surface area contributed by atoms with Crippen LogP contribution in [-0.2, 0) is 11.2 Å². The predicted molar refractivity (Wildman–Crippen MR) is 88.4 cm³/mol. The molecule has 122 valence electrons. The molecule has 0 aromatic heterocycles. The van der Waals surface area contributed by atoms with Gasteiger partial charge in [-0.15, -0.1) is 0 Å². The second kappa shape index (κ2) is 4.86. The van der Waals surface area contributed by atoms with E-state index in [-0.39, 0.29) is 17.0 Å². The van der Waals surface area contributed by atoms with E-state index in [1.54, 1.807) is 13.0 Å². The number of fused-ring (bicyclic) bond motifs is 5. The van der Waals surface area contributed by atoms with Crippen molar-refractivity contribution in [2.75, 3.05) is 0 Å². The fraction of sp³-hybridized carbons (Fsp3) is 0.550. The highest BCUT2D eigenvalue weighted by Crippen LogP contribution is 2.60. The molecule has 0 amide bonds. The summed E-state index contributed by atoms with van der Waals surface area (Å²) in [7, 11) is 0. The second-order valence-electron chi connectivity index (χ2n) is 7.85. The number of hydrogen-bond acceptors (Lipinski definition) is 3. The number of aryl methyl sites for hydroxylation is 1.